The van der Waals surface area contributed by atoms with Crippen molar-refractivity contribution in [2.45, 2.75) is 32.6 Å². The summed E-state index contributed by atoms with van der Waals surface area (Å²) >= 11 is 1.45. The first kappa shape index (κ1) is 25.4. The number of ether oxygens (including phenoxy) is 2. The highest BCUT2D eigenvalue weighted by atomic mass is 32.1. The first-order valence-electron chi connectivity index (χ1n) is 11.7. The van der Waals surface area contributed by atoms with E-state index in [1.54, 1.807) is 29.3 Å². The number of benzene rings is 1. The molecule has 2 aromatic heterocycles. The zero-order chi connectivity index (χ0) is 25.8. The second-order valence-corrected chi connectivity index (χ2v) is 9.82. The fourth-order valence-electron chi connectivity index (χ4n) is 4.13. The number of thiazole rings is 1. The number of hydrogen-bond acceptors (Lipinski definition) is 7. The van der Waals surface area contributed by atoms with Gasteiger partial charge in [-0.25, -0.2) is 9.78 Å². The lowest BCUT2D eigenvalue weighted by molar-refractivity contribution is -0.134. The molecule has 0 bridgehead atoms. The van der Waals surface area contributed by atoms with E-state index in [-0.39, 0.29) is 24.3 Å². The fraction of sp³-hybridized carbons (Fsp3) is 0.385. The summed E-state index contributed by atoms with van der Waals surface area (Å²) in [5.74, 6) is 0.0575. The number of aryl methyl sites for hydroxylation is 3. The van der Waals surface area contributed by atoms with E-state index >= 15 is 0 Å². The van der Waals surface area contributed by atoms with Gasteiger partial charge < -0.3 is 24.3 Å². The van der Waals surface area contributed by atoms with Crippen molar-refractivity contribution in [3.8, 4) is 5.75 Å². The molecule has 1 aromatic carbocycles. The van der Waals surface area contributed by atoms with E-state index in [2.05, 4.69) is 10.3 Å². The molecule has 0 spiro atoms. The average molecular weight is 511 g/mol. The van der Waals surface area contributed by atoms with Crippen LogP contribution in [0.1, 0.15) is 55.9 Å². The summed E-state index contributed by atoms with van der Waals surface area (Å²) < 4.78 is 12.0. The molecular weight excluding hydrogens is 480 g/mol. The Labute approximate surface area is 214 Å². The summed E-state index contributed by atoms with van der Waals surface area (Å²) in [6.45, 7) is 5.33. The molecule has 0 unspecified atom stereocenters. The van der Waals surface area contributed by atoms with Gasteiger partial charge in [-0.3, -0.25) is 9.59 Å². The number of piperidine rings is 1. The van der Waals surface area contributed by atoms with Crippen molar-refractivity contribution >= 4 is 34.8 Å². The zero-order valence-electron chi connectivity index (χ0n) is 20.9. The van der Waals surface area contributed by atoms with Crippen LogP contribution in [0.5, 0.6) is 5.75 Å². The third kappa shape index (κ3) is 5.76. The van der Waals surface area contributed by atoms with Gasteiger partial charge in [-0.05, 0) is 56.0 Å². The smallest absolute Gasteiger partial charge is 0.354 e. The van der Waals surface area contributed by atoms with Crippen LogP contribution >= 0.6 is 11.3 Å². The van der Waals surface area contributed by atoms with Crippen molar-refractivity contribution < 1.29 is 23.9 Å². The van der Waals surface area contributed by atoms with Gasteiger partial charge in [0.2, 0.25) is 0 Å². The molecule has 0 radical (unpaired) electrons. The number of esters is 1. The summed E-state index contributed by atoms with van der Waals surface area (Å²) in [6, 6.07) is 7.38. The Kier molecular flexibility index (Phi) is 7.73. The minimum atomic E-state index is -0.476. The number of likely N-dealkylation sites (tertiary alicyclic amines) is 1. The Hall–Kier alpha value is -3.66. The van der Waals surface area contributed by atoms with Gasteiger partial charge in [0.15, 0.2) is 6.61 Å². The number of carbonyl (C=O) groups excluding carboxylic acids is 3. The summed E-state index contributed by atoms with van der Waals surface area (Å²) in [4.78, 5) is 43.5. The number of rotatable bonds is 7. The third-order valence-electron chi connectivity index (χ3n) is 6.45. The lowest BCUT2D eigenvalue weighted by atomic mass is 9.97. The van der Waals surface area contributed by atoms with Crippen LogP contribution in [0, 0.1) is 13.8 Å². The molecule has 1 saturated heterocycles. The first-order chi connectivity index (χ1) is 17.2. The molecule has 0 atom stereocenters. The molecule has 1 N–H and O–H groups in total. The SMILES string of the molecule is COC(=O)c1cc(NC(=O)c2csc(C3CCN(C(=O)COc4ccc(C)c(C)c4)CC3)n2)cn1C. The van der Waals surface area contributed by atoms with Crippen LogP contribution in [-0.4, -0.2) is 59.0 Å². The molecule has 190 valence electrons. The van der Waals surface area contributed by atoms with Gasteiger partial charge in [0.05, 0.1) is 17.8 Å². The van der Waals surface area contributed by atoms with Crippen molar-refractivity contribution in [1.29, 1.82) is 0 Å². The van der Waals surface area contributed by atoms with E-state index in [1.165, 1.54) is 24.0 Å². The maximum atomic E-state index is 12.7. The molecule has 10 heteroatoms. The molecule has 1 aliphatic heterocycles. The van der Waals surface area contributed by atoms with E-state index < -0.39 is 5.97 Å². The first-order valence-corrected chi connectivity index (χ1v) is 12.6. The second-order valence-electron chi connectivity index (χ2n) is 8.93. The lowest BCUT2D eigenvalue weighted by Gasteiger charge is -2.31. The van der Waals surface area contributed by atoms with Crippen molar-refractivity contribution in [3.63, 3.8) is 0 Å². The highest BCUT2D eigenvalue weighted by Gasteiger charge is 2.27. The Morgan fingerprint density at radius 2 is 1.89 bits per heavy atom. The highest BCUT2D eigenvalue weighted by Crippen LogP contribution is 2.30. The summed E-state index contributed by atoms with van der Waals surface area (Å²) in [5.41, 5.74) is 3.48. The van der Waals surface area contributed by atoms with Crippen LogP contribution in [0.3, 0.4) is 0 Å². The average Bonchev–Trinajstić information content (AvgIpc) is 3.51. The van der Waals surface area contributed by atoms with Crippen LogP contribution in [0.2, 0.25) is 0 Å². The normalized spacial score (nSPS) is 13.9. The maximum absolute atomic E-state index is 12.7. The number of aromatic nitrogens is 2. The van der Waals surface area contributed by atoms with Crippen molar-refractivity contribution in [2.75, 3.05) is 32.1 Å². The second kappa shape index (κ2) is 10.9. The minimum absolute atomic E-state index is 0.0198. The molecule has 0 saturated carbocycles. The van der Waals surface area contributed by atoms with E-state index in [0.29, 0.717) is 35.9 Å². The van der Waals surface area contributed by atoms with Crippen LogP contribution in [0.15, 0.2) is 35.8 Å². The molecule has 9 nitrogen and oxygen atoms in total. The van der Waals surface area contributed by atoms with Crippen LogP contribution in [0.4, 0.5) is 5.69 Å². The van der Waals surface area contributed by atoms with Gasteiger partial charge in [0.25, 0.3) is 11.8 Å². The number of hydrogen-bond donors (Lipinski definition) is 1. The quantitative estimate of drug-likeness (QED) is 0.484. The Morgan fingerprint density at radius 3 is 2.58 bits per heavy atom. The van der Waals surface area contributed by atoms with E-state index in [0.717, 1.165) is 23.4 Å². The largest absolute Gasteiger partial charge is 0.484 e. The predicted molar refractivity (Wildman–Crippen MR) is 137 cm³/mol. The topological polar surface area (TPSA) is 103 Å². The number of anilines is 1. The van der Waals surface area contributed by atoms with Crippen molar-refractivity contribution in [2.24, 2.45) is 7.05 Å². The van der Waals surface area contributed by atoms with Gasteiger partial charge in [-0.1, -0.05) is 6.07 Å². The van der Waals surface area contributed by atoms with Gasteiger partial charge in [-0.15, -0.1) is 11.3 Å². The van der Waals surface area contributed by atoms with E-state index in [4.69, 9.17) is 9.47 Å². The molecule has 1 aliphatic rings. The molecule has 3 aromatic rings. The van der Waals surface area contributed by atoms with Gasteiger partial charge in [0.1, 0.15) is 17.1 Å². The summed E-state index contributed by atoms with van der Waals surface area (Å²) in [7, 11) is 3.01. The Morgan fingerprint density at radius 1 is 1.14 bits per heavy atom. The molecule has 2 amide bonds. The zero-order valence-corrected chi connectivity index (χ0v) is 21.7. The lowest BCUT2D eigenvalue weighted by Crippen LogP contribution is -2.40. The van der Waals surface area contributed by atoms with E-state index in [9.17, 15) is 14.4 Å². The molecule has 3 heterocycles. The molecular formula is C26H30N4O5S. The molecule has 36 heavy (non-hydrogen) atoms. The Bertz CT molecular complexity index is 1270. The number of nitrogens with one attached hydrogen (secondary N) is 1. The van der Waals surface area contributed by atoms with Gasteiger partial charge >= 0.3 is 5.97 Å². The monoisotopic (exact) mass is 510 g/mol. The minimum Gasteiger partial charge on any atom is -0.484 e. The van der Waals surface area contributed by atoms with Gasteiger partial charge in [0, 0.05) is 37.6 Å². The third-order valence-corrected chi connectivity index (χ3v) is 7.46. The van der Waals surface area contributed by atoms with Crippen LogP contribution in [-0.2, 0) is 16.6 Å². The summed E-state index contributed by atoms with van der Waals surface area (Å²) in [6.07, 6.45) is 3.21. The number of amides is 2. The van der Waals surface area contributed by atoms with Crippen LogP contribution < -0.4 is 10.1 Å². The van der Waals surface area contributed by atoms with Crippen molar-refractivity contribution in [3.05, 3.63) is 63.4 Å². The summed E-state index contributed by atoms with van der Waals surface area (Å²) in [5, 5.41) is 5.41. The number of methoxy groups -OCH3 is 1. The standard InChI is InChI=1S/C26H30N4O5S/c1-16-5-6-20(11-17(16)2)35-14-23(31)30-9-7-18(8-10-30)25-28-21(15-36-25)24(32)27-19-12-22(26(33)34-4)29(3)13-19/h5-6,11-13,15,18H,7-10,14H2,1-4H3,(H,27,32). The van der Waals surface area contributed by atoms with Gasteiger partial charge in [-0.2, -0.15) is 0 Å². The fourth-order valence-corrected chi connectivity index (χ4v) is 5.10. The molecule has 0 aliphatic carbocycles. The van der Waals surface area contributed by atoms with Crippen LogP contribution in [0.25, 0.3) is 0 Å². The Balaban J connectivity index is 1.28. The molecule has 1 fully saturated rings. The number of nitrogens with zero attached hydrogens (tertiary/aromatic N) is 3. The van der Waals surface area contributed by atoms with Crippen molar-refractivity contribution in [1.82, 2.24) is 14.5 Å². The highest BCUT2D eigenvalue weighted by molar-refractivity contribution is 7.10. The maximum Gasteiger partial charge on any atom is 0.354 e. The predicted octanol–water partition coefficient (Wildman–Crippen LogP) is 3.92. The number of carbonyl (C=O) groups is 3. The molecule has 4 rings (SSSR count). The van der Waals surface area contributed by atoms with E-state index in [1.807, 2.05) is 36.9 Å².